The van der Waals surface area contributed by atoms with Gasteiger partial charge < -0.3 is 9.72 Å². The van der Waals surface area contributed by atoms with Gasteiger partial charge in [0.15, 0.2) is 5.65 Å². The highest BCUT2D eigenvalue weighted by atomic mass is 19.3. The van der Waals surface area contributed by atoms with Crippen molar-refractivity contribution in [2.75, 3.05) is 7.11 Å². The highest BCUT2D eigenvalue weighted by Gasteiger charge is 2.36. The predicted molar refractivity (Wildman–Crippen MR) is 120 cm³/mol. The number of pyridine rings is 1. The third kappa shape index (κ3) is 4.27. The second kappa shape index (κ2) is 8.58. The molecule has 1 aromatic carbocycles. The summed E-state index contributed by atoms with van der Waals surface area (Å²) in [5.74, 6) is -2.31. The number of ether oxygens (including phenoxy) is 1. The van der Waals surface area contributed by atoms with E-state index in [0.29, 0.717) is 33.9 Å². The number of aromatic nitrogens is 5. The Hall–Kier alpha value is -3.69. The molecule has 176 valence electrons. The molecule has 1 fully saturated rings. The lowest BCUT2D eigenvalue weighted by Gasteiger charge is -2.28. The van der Waals surface area contributed by atoms with Gasteiger partial charge in [0, 0.05) is 31.5 Å². The zero-order chi connectivity index (χ0) is 23.9. The quantitative estimate of drug-likeness (QED) is 0.459. The number of hydrogen-bond donors (Lipinski definition) is 1. The van der Waals surface area contributed by atoms with Crippen molar-refractivity contribution in [3.8, 4) is 17.0 Å². The van der Waals surface area contributed by atoms with E-state index in [1.807, 2.05) is 0 Å². The van der Waals surface area contributed by atoms with Crippen LogP contribution in [0.5, 0.6) is 5.88 Å². The molecule has 0 amide bonds. The summed E-state index contributed by atoms with van der Waals surface area (Å²) in [5, 5.41) is 4.60. The van der Waals surface area contributed by atoms with Gasteiger partial charge in [0.05, 0.1) is 19.3 Å². The first kappa shape index (κ1) is 22.1. The Morgan fingerprint density at radius 1 is 1.21 bits per heavy atom. The third-order valence-electron chi connectivity index (χ3n) is 6.23. The van der Waals surface area contributed by atoms with Crippen LogP contribution in [0.2, 0.25) is 0 Å². The second-order valence-electron chi connectivity index (χ2n) is 8.49. The highest BCUT2D eigenvalue weighted by Crippen LogP contribution is 2.38. The maximum atomic E-state index is 14.1. The maximum absolute atomic E-state index is 14.1. The standard InChI is InChI=1S/C24H22F3N5O2/c1-34-21-11-15(6-9-28-21)18-12-16(25)3-2-14(18)10-20-30-22-19(23(33)31-20)13-29-32(22)17-4-7-24(26,27)8-5-17/h2-3,6,9,11-13,17H,4-5,7-8,10H2,1H3,(H,30,31,33). The summed E-state index contributed by atoms with van der Waals surface area (Å²) in [5.41, 5.74) is 2.06. The molecule has 0 bridgehead atoms. The zero-order valence-corrected chi connectivity index (χ0v) is 18.4. The highest BCUT2D eigenvalue weighted by molar-refractivity contribution is 5.73. The smallest absolute Gasteiger partial charge is 0.262 e. The number of aromatic amines is 1. The van der Waals surface area contributed by atoms with Crippen LogP contribution in [0.25, 0.3) is 22.2 Å². The SMILES string of the molecule is COc1cc(-c2cc(F)ccc2Cc2nc3c(cnn3C3CCC(F)(F)CC3)c(=O)[nH]2)ccn1. The van der Waals surface area contributed by atoms with E-state index in [1.54, 1.807) is 29.1 Å². The molecule has 0 saturated heterocycles. The first-order valence-electron chi connectivity index (χ1n) is 11.0. The largest absolute Gasteiger partial charge is 0.481 e. The van der Waals surface area contributed by atoms with Crippen LogP contribution >= 0.6 is 0 Å². The first-order valence-corrected chi connectivity index (χ1v) is 11.0. The normalized spacial score (nSPS) is 16.1. The van der Waals surface area contributed by atoms with Gasteiger partial charge in [-0.1, -0.05) is 6.07 Å². The van der Waals surface area contributed by atoms with Gasteiger partial charge in [-0.2, -0.15) is 5.10 Å². The Bertz CT molecular complexity index is 1410. The molecule has 5 rings (SSSR count). The molecule has 34 heavy (non-hydrogen) atoms. The van der Waals surface area contributed by atoms with Gasteiger partial charge in [-0.15, -0.1) is 0 Å². The van der Waals surface area contributed by atoms with E-state index in [2.05, 4.69) is 20.1 Å². The number of benzene rings is 1. The van der Waals surface area contributed by atoms with E-state index in [0.717, 1.165) is 5.56 Å². The molecule has 7 nitrogen and oxygen atoms in total. The Labute approximate surface area is 192 Å². The van der Waals surface area contributed by atoms with Crippen molar-refractivity contribution < 1.29 is 17.9 Å². The molecule has 0 unspecified atom stereocenters. The van der Waals surface area contributed by atoms with Crippen LogP contribution < -0.4 is 10.3 Å². The van der Waals surface area contributed by atoms with Crippen LogP contribution in [-0.2, 0) is 6.42 Å². The molecule has 0 spiro atoms. The molecule has 1 saturated carbocycles. The van der Waals surface area contributed by atoms with E-state index in [9.17, 15) is 18.0 Å². The first-order chi connectivity index (χ1) is 16.3. The van der Waals surface area contributed by atoms with Crippen molar-refractivity contribution in [3.05, 3.63) is 70.3 Å². The Morgan fingerprint density at radius 3 is 2.76 bits per heavy atom. The van der Waals surface area contributed by atoms with Crippen molar-refractivity contribution in [1.82, 2.24) is 24.7 Å². The van der Waals surface area contributed by atoms with Gasteiger partial charge in [0.1, 0.15) is 17.0 Å². The van der Waals surface area contributed by atoms with Crippen LogP contribution in [0.1, 0.15) is 43.1 Å². The van der Waals surface area contributed by atoms with Crippen LogP contribution in [0, 0.1) is 5.82 Å². The number of fused-ring (bicyclic) bond motifs is 1. The molecule has 4 aromatic rings. The van der Waals surface area contributed by atoms with Crippen LogP contribution in [-0.4, -0.2) is 37.8 Å². The lowest BCUT2D eigenvalue weighted by atomic mass is 9.92. The Balaban J connectivity index is 1.52. The minimum atomic E-state index is -2.66. The van der Waals surface area contributed by atoms with Gasteiger partial charge in [0.2, 0.25) is 11.8 Å². The third-order valence-corrected chi connectivity index (χ3v) is 6.23. The molecule has 3 aromatic heterocycles. The minimum Gasteiger partial charge on any atom is -0.481 e. The van der Waals surface area contributed by atoms with Gasteiger partial charge in [-0.05, 0) is 47.7 Å². The molecule has 10 heteroatoms. The van der Waals surface area contributed by atoms with Crippen molar-refractivity contribution in [3.63, 3.8) is 0 Å². The number of methoxy groups -OCH3 is 1. The molecule has 0 aliphatic heterocycles. The average molecular weight is 469 g/mol. The predicted octanol–water partition coefficient (Wildman–Crippen LogP) is 4.67. The van der Waals surface area contributed by atoms with E-state index >= 15 is 0 Å². The molecule has 0 atom stereocenters. The molecular weight excluding hydrogens is 447 g/mol. The van der Waals surface area contributed by atoms with Crippen molar-refractivity contribution >= 4 is 11.0 Å². The topological polar surface area (TPSA) is 85.7 Å². The number of H-pyrrole nitrogens is 1. The zero-order valence-electron chi connectivity index (χ0n) is 18.4. The summed E-state index contributed by atoms with van der Waals surface area (Å²) in [4.78, 5) is 24.2. The number of alkyl halides is 2. The molecule has 1 aliphatic rings. The molecule has 1 aliphatic carbocycles. The lowest BCUT2D eigenvalue weighted by Crippen LogP contribution is -2.27. The lowest BCUT2D eigenvalue weighted by molar-refractivity contribution is -0.0446. The fraction of sp³-hybridized carbons (Fsp3) is 0.333. The number of rotatable bonds is 5. The van der Waals surface area contributed by atoms with Gasteiger partial charge in [0.25, 0.3) is 5.56 Å². The van der Waals surface area contributed by atoms with E-state index < -0.39 is 11.7 Å². The monoisotopic (exact) mass is 469 g/mol. The molecule has 3 heterocycles. The summed E-state index contributed by atoms with van der Waals surface area (Å²) in [6, 6.07) is 7.60. The fourth-order valence-corrected chi connectivity index (χ4v) is 4.44. The molecule has 1 N–H and O–H groups in total. The Kier molecular flexibility index (Phi) is 5.59. The van der Waals surface area contributed by atoms with E-state index in [1.165, 1.54) is 25.4 Å². The van der Waals surface area contributed by atoms with Gasteiger partial charge in [-0.25, -0.2) is 27.8 Å². The number of halogens is 3. The molecule has 0 radical (unpaired) electrons. The fourth-order valence-electron chi connectivity index (χ4n) is 4.44. The maximum Gasteiger partial charge on any atom is 0.262 e. The Morgan fingerprint density at radius 2 is 2.00 bits per heavy atom. The number of nitrogens with one attached hydrogen (secondary N) is 1. The van der Waals surface area contributed by atoms with Crippen molar-refractivity contribution in [2.45, 2.75) is 44.1 Å². The summed E-state index contributed by atoms with van der Waals surface area (Å²) in [6.45, 7) is 0. The minimum absolute atomic E-state index is 0.219. The van der Waals surface area contributed by atoms with E-state index in [4.69, 9.17) is 4.74 Å². The second-order valence-corrected chi connectivity index (χ2v) is 8.49. The van der Waals surface area contributed by atoms with Crippen LogP contribution in [0.3, 0.4) is 0 Å². The van der Waals surface area contributed by atoms with Gasteiger partial charge in [-0.3, -0.25) is 4.79 Å². The number of nitrogens with zero attached hydrogens (tertiary/aromatic N) is 4. The van der Waals surface area contributed by atoms with Crippen molar-refractivity contribution in [2.24, 2.45) is 0 Å². The summed E-state index contributed by atoms with van der Waals surface area (Å²) in [6.07, 6.45) is 3.30. The summed E-state index contributed by atoms with van der Waals surface area (Å²) in [7, 11) is 1.50. The van der Waals surface area contributed by atoms with Crippen molar-refractivity contribution in [1.29, 1.82) is 0 Å². The average Bonchev–Trinajstić information content (AvgIpc) is 3.25. The molecular formula is C24H22F3N5O2. The summed E-state index contributed by atoms with van der Waals surface area (Å²) >= 11 is 0. The van der Waals surface area contributed by atoms with E-state index in [-0.39, 0.29) is 43.7 Å². The summed E-state index contributed by atoms with van der Waals surface area (Å²) < 4.78 is 48.1. The van der Waals surface area contributed by atoms with Crippen LogP contribution in [0.15, 0.2) is 47.5 Å². The van der Waals surface area contributed by atoms with Crippen LogP contribution in [0.4, 0.5) is 13.2 Å². The number of hydrogen-bond acceptors (Lipinski definition) is 5. The van der Waals surface area contributed by atoms with Gasteiger partial charge >= 0.3 is 0 Å².